The summed E-state index contributed by atoms with van der Waals surface area (Å²) < 4.78 is 0. The fourth-order valence-electron chi connectivity index (χ4n) is 3.25. The molecule has 1 aromatic rings. The zero-order chi connectivity index (χ0) is 12.3. The number of hydrogen-bond acceptors (Lipinski definition) is 2. The van der Waals surface area contributed by atoms with Crippen LogP contribution in [0.25, 0.3) is 0 Å². The van der Waals surface area contributed by atoms with Crippen LogP contribution in [0.2, 0.25) is 5.02 Å². The van der Waals surface area contributed by atoms with E-state index in [-0.39, 0.29) is 0 Å². The molecule has 2 rings (SSSR count). The zero-order valence-corrected chi connectivity index (χ0v) is 12.3. The van der Waals surface area contributed by atoms with Gasteiger partial charge < -0.3 is 5.32 Å². The van der Waals surface area contributed by atoms with Crippen molar-refractivity contribution in [3.05, 3.63) is 21.3 Å². The van der Waals surface area contributed by atoms with E-state index in [1.54, 1.807) is 11.3 Å². The molecule has 1 aliphatic rings. The number of nitrogens with one attached hydrogen (secondary N) is 1. The summed E-state index contributed by atoms with van der Waals surface area (Å²) in [7, 11) is 2.07. The summed E-state index contributed by atoms with van der Waals surface area (Å²) in [6.45, 7) is 2.33. The van der Waals surface area contributed by atoms with E-state index in [4.69, 9.17) is 11.6 Å². The molecule has 3 heteroatoms. The molecule has 1 aliphatic carbocycles. The molecule has 1 nitrogen and oxygen atoms in total. The summed E-state index contributed by atoms with van der Waals surface area (Å²) in [5.74, 6) is 1.62. The third-order valence-corrected chi connectivity index (χ3v) is 5.60. The second-order valence-corrected chi connectivity index (χ2v) is 6.37. The van der Waals surface area contributed by atoms with E-state index in [0.29, 0.717) is 6.04 Å². The van der Waals surface area contributed by atoms with Crippen molar-refractivity contribution in [3.8, 4) is 0 Å². The highest BCUT2D eigenvalue weighted by molar-refractivity contribution is 7.10. The number of thiophene rings is 1. The predicted octanol–water partition coefficient (Wildman–Crippen LogP) is 4.88. The summed E-state index contributed by atoms with van der Waals surface area (Å²) in [5.41, 5.74) is 0. The first-order valence-corrected chi connectivity index (χ1v) is 7.93. The summed E-state index contributed by atoms with van der Waals surface area (Å²) >= 11 is 8.09. The summed E-state index contributed by atoms with van der Waals surface area (Å²) in [6, 6.07) is 2.48. The minimum Gasteiger partial charge on any atom is -0.312 e. The monoisotopic (exact) mass is 271 g/mol. The molecule has 0 aromatic carbocycles. The highest BCUT2D eigenvalue weighted by atomic mass is 35.5. The molecule has 1 aromatic heterocycles. The molecule has 3 unspecified atom stereocenters. The van der Waals surface area contributed by atoms with Crippen molar-refractivity contribution in [3.63, 3.8) is 0 Å². The van der Waals surface area contributed by atoms with Gasteiger partial charge in [-0.1, -0.05) is 44.2 Å². The Morgan fingerprint density at radius 3 is 2.82 bits per heavy atom. The van der Waals surface area contributed by atoms with E-state index in [2.05, 4.69) is 24.7 Å². The third kappa shape index (κ3) is 2.86. The third-order valence-electron chi connectivity index (χ3n) is 4.16. The van der Waals surface area contributed by atoms with Gasteiger partial charge in [0.15, 0.2) is 0 Å². The lowest BCUT2D eigenvalue weighted by Gasteiger charge is -2.36. The molecule has 0 radical (unpaired) electrons. The van der Waals surface area contributed by atoms with Gasteiger partial charge in [-0.3, -0.25) is 0 Å². The fourth-order valence-corrected chi connectivity index (χ4v) is 4.61. The first kappa shape index (κ1) is 13.4. The van der Waals surface area contributed by atoms with Crippen molar-refractivity contribution < 1.29 is 0 Å². The van der Waals surface area contributed by atoms with Crippen LogP contribution in [0.15, 0.2) is 11.4 Å². The average Bonchev–Trinajstić information content (AvgIpc) is 2.78. The minimum atomic E-state index is 0.452. The van der Waals surface area contributed by atoms with Gasteiger partial charge in [-0.15, -0.1) is 11.3 Å². The summed E-state index contributed by atoms with van der Waals surface area (Å²) in [5, 5.41) is 6.55. The molecule has 0 spiro atoms. The van der Waals surface area contributed by atoms with Crippen LogP contribution in [0.3, 0.4) is 0 Å². The largest absolute Gasteiger partial charge is 0.312 e. The van der Waals surface area contributed by atoms with Gasteiger partial charge in [0.05, 0.1) is 5.02 Å². The lowest BCUT2D eigenvalue weighted by molar-refractivity contribution is 0.182. The van der Waals surface area contributed by atoms with Crippen molar-refractivity contribution in [2.75, 3.05) is 7.05 Å². The Morgan fingerprint density at radius 2 is 2.24 bits per heavy atom. The predicted molar refractivity (Wildman–Crippen MR) is 76.9 cm³/mol. The number of hydrogen-bond donors (Lipinski definition) is 1. The van der Waals surface area contributed by atoms with Crippen LogP contribution in [0.4, 0.5) is 0 Å². The van der Waals surface area contributed by atoms with Gasteiger partial charge in [0, 0.05) is 10.9 Å². The van der Waals surface area contributed by atoms with Gasteiger partial charge in [0.1, 0.15) is 0 Å². The van der Waals surface area contributed by atoms with E-state index < -0.39 is 0 Å². The highest BCUT2D eigenvalue weighted by Gasteiger charge is 2.32. The van der Waals surface area contributed by atoms with Crippen molar-refractivity contribution in [1.29, 1.82) is 0 Å². The first-order chi connectivity index (χ1) is 8.27. The second-order valence-electron chi connectivity index (χ2n) is 5.02. The smallest absolute Gasteiger partial charge is 0.0561 e. The molecule has 1 heterocycles. The molecular weight excluding hydrogens is 250 g/mol. The van der Waals surface area contributed by atoms with Gasteiger partial charge in [-0.25, -0.2) is 0 Å². The van der Waals surface area contributed by atoms with Gasteiger partial charge in [-0.05, 0) is 36.8 Å². The molecular formula is C14H22ClNS. The maximum absolute atomic E-state index is 6.29. The van der Waals surface area contributed by atoms with Crippen molar-refractivity contribution >= 4 is 22.9 Å². The Kier molecular flexibility index (Phi) is 4.89. The molecule has 1 N–H and O–H groups in total. The standard InChI is InChI=1S/C14H22ClNS/c1-3-10-6-4-5-7-11(10)13(16-2)14-12(15)8-9-17-14/h8-11,13,16H,3-7H2,1-2H3. The molecule has 0 saturated heterocycles. The first-order valence-electron chi connectivity index (χ1n) is 6.68. The van der Waals surface area contributed by atoms with E-state index >= 15 is 0 Å². The van der Waals surface area contributed by atoms with Gasteiger partial charge in [0.25, 0.3) is 0 Å². The molecule has 17 heavy (non-hydrogen) atoms. The Hall–Kier alpha value is -0.0500. The van der Waals surface area contributed by atoms with Gasteiger partial charge in [-0.2, -0.15) is 0 Å². The molecule has 0 amide bonds. The van der Waals surface area contributed by atoms with Crippen LogP contribution in [-0.2, 0) is 0 Å². The summed E-state index contributed by atoms with van der Waals surface area (Å²) in [6.07, 6.45) is 6.82. The normalized spacial score (nSPS) is 27.0. The quantitative estimate of drug-likeness (QED) is 0.823. The van der Waals surface area contributed by atoms with Crippen LogP contribution in [-0.4, -0.2) is 7.05 Å². The average molecular weight is 272 g/mol. The van der Waals surface area contributed by atoms with Crippen LogP contribution >= 0.6 is 22.9 Å². The summed E-state index contributed by atoms with van der Waals surface area (Å²) in [4.78, 5) is 1.33. The Morgan fingerprint density at radius 1 is 1.47 bits per heavy atom. The molecule has 1 saturated carbocycles. The van der Waals surface area contributed by atoms with E-state index in [1.165, 1.54) is 37.0 Å². The van der Waals surface area contributed by atoms with Gasteiger partial charge in [0.2, 0.25) is 0 Å². The molecule has 1 fully saturated rings. The van der Waals surface area contributed by atoms with Crippen molar-refractivity contribution in [2.45, 2.75) is 45.1 Å². The van der Waals surface area contributed by atoms with Gasteiger partial charge >= 0.3 is 0 Å². The maximum atomic E-state index is 6.29. The Balaban J connectivity index is 2.19. The van der Waals surface area contributed by atoms with E-state index in [1.807, 2.05) is 6.07 Å². The lowest BCUT2D eigenvalue weighted by atomic mass is 9.73. The molecule has 0 bridgehead atoms. The second kappa shape index (κ2) is 6.21. The van der Waals surface area contributed by atoms with E-state index in [0.717, 1.165) is 16.9 Å². The van der Waals surface area contributed by atoms with Crippen LogP contribution in [0, 0.1) is 11.8 Å². The van der Waals surface area contributed by atoms with Crippen LogP contribution in [0.1, 0.15) is 49.9 Å². The lowest BCUT2D eigenvalue weighted by Crippen LogP contribution is -2.32. The molecule has 0 aliphatic heterocycles. The van der Waals surface area contributed by atoms with Crippen molar-refractivity contribution in [1.82, 2.24) is 5.32 Å². The molecule has 96 valence electrons. The van der Waals surface area contributed by atoms with Crippen LogP contribution in [0.5, 0.6) is 0 Å². The van der Waals surface area contributed by atoms with Crippen LogP contribution < -0.4 is 5.32 Å². The SMILES string of the molecule is CCC1CCCCC1C(NC)c1sccc1Cl. The fraction of sp³-hybridized carbons (Fsp3) is 0.714. The minimum absolute atomic E-state index is 0.452. The topological polar surface area (TPSA) is 12.0 Å². The Labute approximate surface area is 114 Å². The number of rotatable bonds is 4. The maximum Gasteiger partial charge on any atom is 0.0561 e. The van der Waals surface area contributed by atoms with Crippen molar-refractivity contribution in [2.24, 2.45) is 11.8 Å². The zero-order valence-electron chi connectivity index (χ0n) is 10.7. The molecule has 3 atom stereocenters. The number of halogens is 1. The highest BCUT2D eigenvalue weighted by Crippen LogP contribution is 2.43. The van der Waals surface area contributed by atoms with E-state index in [9.17, 15) is 0 Å². The Bertz CT molecular complexity index is 350.